The van der Waals surface area contributed by atoms with E-state index in [1.807, 2.05) is 0 Å². The van der Waals surface area contributed by atoms with Crippen molar-refractivity contribution in [2.24, 2.45) is 11.0 Å². The molecule has 132 valence electrons. The van der Waals surface area contributed by atoms with Crippen LogP contribution in [0.5, 0.6) is 5.75 Å². The van der Waals surface area contributed by atoms with Gasteiger partial charge in [-0.05, 0) is 49.1 Å². The maximum Gasteiger partial charge on any atom is 0.387 e. The summed E-state index contributed by atoms with van der Waals surface area (Å²) in [6.07, 6.45) is 1.66. The first-order valence-corrected chi connectivity index (χ1v) is 9.09. The molecule has 24 heavy (non-hydrogen) atoms. The van der Waals surface area contributed by atoms with Crippen LogP contribution in [0.25, 0.3) is 0 Å². The van der Waals surface area contributed by atoms with Crippen LogP contribution in [-0.2, 0) is 14.6 Å². The van der Waals surface area contributed by atoms with E-state index >= 15 is 0 Å². The van der Waals surface area contributed by atoms with Crippen LogP contribution in [0.1, 0.15) is 23.1 Å². The van der Waals surface area contributed by atoms with Gasteiger partial charge in [-0.3, -0.25) is 4.79 Å². The molecule has 1 fully saturated rings. The SMILES string of the molecule is Cc1cc(/C=N\NC(=O)[C@@H]2CCS(=O)(=O)C2)cc(C)c1OC(F)F. The van der Waals surface area contributed by atoms with E-state index in [1.165, 1.54) is 6.21 Å². The van der Waals surface area contributed by atoms with Crippen molar-refractivity contribution in [3.63, 3.8) is 0 Å². The molecule has 1 aliphatic heterocycles. The van der Waals surface area contributed by atoms with Gasteiger partial charge in [-0.1, -0.05) is 0 Å². The molecule has 1 atom stereocenters. The zero-order chi connectivity index (χ0) is 17.9. The number of hydrogen-bond donors (Lipinski definition) is 1. The molecule has 6 nitrogen and oxygen atoms in total. The van der Waals surface area contributed by atoms with E-state index in [0.717, 1.165) is 0 Å². The van der Waals surface area contributed by atoms with Gasteiger partial charge < -0.3 is 4.74 Å². The second-order valence-corrected chi connectivity index (χ2v) is 7.93. The standard InChI is InChI=1S/C15H18F2N2O4S/c1-9-5-11(6-10(2)13(9)23-15(16)17)7-18-19-14(20)12-3-4-24(21,22)8-12/h5-7,12,15H,3-4,8H2,1-2H3,(H,19,20)/b18-7-/t12-/m1/s1. The van der Waals surface area contributed by atoms with Crippen molar-refractivity contribution in [2.75, 3.05) is 11.5 Å². The Bertz CT molecular complexity index is 740. The van der Waals surface area contributed by atoms with Crippen molar-refractivity contribution in [2.45, 2.75) is 26.9 Å². The third-order valence-electron chi connectivity index (χ3n) is 3.68. The highest BCUT2D eigenvalue weighted by atomic mass is 32.2. The van der Waals surface area contributed by atoms with Crippen molar-refractivity contribution in [1.82, 2.24) is 5.43 Å². The number of hydrazone groups is 1. The molecule has 0 aromatic heterocycles. The number of aryl methyl sites for hydroxylation is 2. The third kappa shape index (κ3) is 4.73. The van der Waals surface area contributed by atoms with E-state index in [2.05, 4.69) is 15.3 Å². The Morgan fingerprint density at radius 3 is 2.50 bits per heavy atom. The number of nitrogens with zero attached hydrogens (tertiary/aromatic N) is 1. The van der Waals surface area contributed by atoms with Gasteiger partial charge in [-0.25, -0.2) is 13.8 Å². The lowest BCUT2D eigenvalue weighted by molar-refractivity contribution is -0.124. The number of halogens is 2. The number of ether oxygens (including phenoxy) is 1. The molecule has 2 rings (SSSR count). The average molecular weight is 360 g/mol. The van der Waals surface area contributed by atoms with Crippen molar-refractivity contribution in [3.05, 3.63) is 28.8 Å². The first-order valence-electron chi connectivity index (χ1n) is 7.27. The molecule has 1 amide bonds. The molecular weight excluding hydrogens is 342 g/mol. The lowest BCUT2D eigenvalue weighted by Crippen LogP contribution is -2.27. The number of alkyl halides is 2. The number of benzene rings is 1. The molecule has 1 aromatic rings. The van der Waals surface area contributed by atoms with Gasteiger partial charge in [-0.15, -0.1) is 0 Å². The molecular formula is C15H18F2N2O4S. The Morgan fingerprint density at radius 1 is 1.38 bits per heavy atom. The van der Waals surface area contributed by atoms with Crippen molar-refractivity contribution >= 4 is 22.0 Å². The molecule has 0 spiro atoms. The van der Waals surface area contributed by atoms with Crippen LogP contribution < -0.4 is 10.2 Å². The van der Waals surface area contributed by atoms with Gasteiger partial charge in [0.1, 0.15) is 5.75 Å². The smallest absolute Gasteiger partial charge is 0.387 e. The van der Waals surface area contributed by atoms with Crippen molar-refractivity contribution in [1.29, 1.82) is 0 Å². The molecule has 0 bridgehead atoms. The second kappa shape index (κ2) is 7.25. The van der Waals surface area contributed by atoms with E-state index < -0.39 is 28.3 Å². The summed E-state index contributed by atoms with van der Waals surface area (Å²) in [4.78, 5) is 11.8. The number of carbonyl (C=O) groups excluding carboxylic acids is 1. The van der Waals surface area contributed by atoms with Crippen LogP contribution >= 0.6 is 0 Å². The summed E-state index contributed by atoms with van der Waals surface area (Å²) in [6, 6.07) is 3.20. The fraction of sp³-hybridized carbons (Fsp3) is 0.467. The van der Waals surface area contributed by atoms with Gasteiger partial charge in [-0.2, -0.15) is 13.9 Å². The van der Waals surface area contributed by atoms with E-state index in [-0.39, 0.29) is 17.3 Å². The zero-order valence-electron chi connectivity index (χ0n) is 13.3. The summed E-state index contributed by atoms with van der Waals surface area (Å²) in [7, 11) is -3.13. The Hall–Kier alpha value is -2.03. The zero-order valence-corrected chi connectivity index (χ0v) is 14.1. The fourth-order valence-electron chi connectivity index (χ4n) is 2.60. The highest BCUT2D eigenvalue weighted by molar-refractivity contribution is 7.91. The number of hydrogen-bond acceptors (Lipinski definition) is 5. The monoisotopic (exact) mass is 360 g/mol. The quantitative estimate of drug-likeness (QED) is 0.641. The van der Waals surface area contributed by atoms with Gasteiger partial charge in [0.15, 0.2) is 9.84 Å². The van der Waals surface area contributed by atoms with E-state index in [9.17, 15) is 22.0 Å². The number of amides is 1. The normalized spacial score (nSPS) is 19.8. The molecule has 0 unspecified atom stereocenters. The van der Waals surface area contributed by atoms with Gasteiger partial charge in [0.25, 0.3) is 0 Å². The Morgan fingerprint density at radius 2 is 2.00 bits per heavy atom. The predicted molar refractivity (Wildman–Crippen MR) is 85.0 cm³/mol. The molecule has 1 N–H and O–H groups in total. The summed E-state index contributed by atoms with van der Waals surface area (Å²) in [5.74, 6) is -1.07. The maximum absolute atomic E-state index is 12.3. The van der Waals surface area contributed by atoms with E-state index in [0.29, 0.717) is 23.1 Å². The summed E-state index contributed by atoms with van der Waals surface area (Å²) in [5, 5.41) is 3.80. The number of nitrogens with one attached hydrogen (secondary N) is 1. The Kier molecular flexibility index (Phi) is 5.53. The molecule has 1 aromatic carbocycles. The first-order chi connectivity index (χ1) is 11.2. The molecule has 1 aliphatic rings. The van der Waals surface area contributed by atoms with E-state index in [4.69, 9.17) is 0 Å². The molecule has 0 aliphatic carbocycles. The molecule has 9 heteroatoms. The van der Waals surface area contributed by atoms with Crippen molar-refractivity contribution in [3.8, 4) is 5.75 Å². The van der Waals surface area contributed by atoms with Gasteiger partial charge in [0, 0.05) is 0 Å². The highest BCUT2D eigenvalue weighted by Crippen LogP contribution is 2.26. The lowest BCUT2D eigenvalue weighted by atomic mass is 10.1. The minimum atomic E-state index is -3.13. The summed E-state index contributed by atoms with van der Waals surface area (Å²) in [6.45, 7) is 0.359. The van der Waals surface area contributed by atoms with Crippen LogP contribution in [0.3, 0.4) is 0 Å². The summed E-state index contributed by atoms with van der Waals surface area (Å²) in [5.41, 5.74) is 3.95. The van der Waals surface area contributed by atoms with Crippen LogP contribution in [0.4, 0.5) is 8.78 Å². The summed E-state index contributed by atoms with van der Waals surface area (Å²) < 4.78 is 51.8. The molecule has 1 heterocycles. The van der Waals surface area contributed by atoms with Gasteiger partial charge >= 0.3 is 6.61 Å². The second-order valence-electron chi connectivity index (χ2n) is 5.70. The lowest BCUT2D eigenvalue weighted by Gasteiger charge is -2.12. The molecule has 0 saturated carbocycles. The van der Waals surface area contributed by atoms with E-state index in [1.54, 1.807) is 26.0 Å². The minimum absolute atomic E-state index is 0.0127. The average Bonchev–Trinajstić information content (AvgIpc) is 2.83. The topological polar surface area (TPSA) is 84.8 Å². The first kappa shape index (κ1) is 18.3. The molecule has 0 radical (unpaired) electrons. The largest absolute Gasteiger partial charge is 0.434 e. The Labute approximate surface area is 138 Å². The van der Waals surface area contributed by atoms with Crippen LogP contribution in [-0.4, -0.2) is 38.7 Å². The van der Waals surface area contributed by atoms with Crippen LogP contribution in [0.2, 0.25) is 0 Å². The van der Waals surface area contributed by atoms with Gasteiger partial charge in [0.05, 0.1) is 23.6 Å². The van der Waals surface area contributed by atoms with Crippen molar-refractivity contribution < 1.29 is 26.7 Å². The van der Waals surface area contributed by atoms with Gasteiger partial charge in [0.2, 0.25) is 5.91 Å². The Balaban J connectivity index is 2.01. The third-order valence-corrected chi connectivity index (χ3v) is 5.45. The fourth-order valence-corrected chi connectivity index (χ4v) is 4.34. The van der Waals surface area contributed by atoms with Crippen LogP contribution in [0, 0.1) is 19.8 Å². The van der Waals surface area contributed by atoms with Crippen LogP contribution in [0.15, 0.2) is 17.2 Å². The predicted octanol–water partition coefficient (Wildman–Crippen LogP) is 1.79. The minimum Gasteiger partial charge on any atom is -0.434 e. The highest BCUT2D eigenvalue weighted by Gasteiger charge is 2.32. The number of carbonyl (C=O) groups is 1. The molecule has 1 saturated heterocycles. The number of sulfone groups is 1. The maximum atomic E-state index is 12.3. The summed E-state index contributed by atoms with van der Waals surface area (Å²) >= 11 is 0. The number of rotatable bonds is 5.